The highest BCUT2D eigenvalue weighted by molar-refractivity contribution is 5.77. The summed E-state index contributed by atoms with van der Waals surface area (Å²) >= 11 is 0. The highest BCUT2D eigenvalue weighted by atomic mass is 16.3. The largest absolute Gasteiger partial charge is 0.494 e. The first-order valence-corrected chi connectivity index (χ1v) is 11.1. The fraction of sp³-hybridized carbons (Fsp3) is 0.231. The number of hydrogen-bond acceptors (Lipinski definition) is 5. The van der Waals surface area contributed by atoms with Crippen LogP contribution in [0, 0.1) is 0 Å². The zero-order valence-electron chi connectivity index (χ0n) is 19.3. The lowest BCUT2D eigenvalue weighted by atomic mass is 10.0. The average molecular weight is 459 g/mol. The van der Waals surface area contributed by atoms with Crippen LogP contribution in [0.2, 0.25) is 0 Å². The molecule has 174 valence electrons. The van der Waals surface area contributed by atoms with Gasteiger partial charge in [-0.05, 0) is 47.8 Å². The Morgan fingerprint density at radius 3 is 2.53 bits per heavy atom. The van der Waals surface area contributed by atoms with Crippen molar-refractivity contribution in [3.63, 3.8) is 0 Å². The number of hydrogen-bond donors (Lipinski definition) is 3. The van der Waals surface area contributed by atoms with Gasteiger partial charge < -0.3 is 10.4 Å². The number of fused-ring (bicyclic) bond motifs is 1. The van der Waals surface area contributed by atoms with E-state index in [0.29, 0.717) is 30.3 Å². The number of carbonyl (C=O) groups is 1. The Hall–Kier alpha value is -4.20. The molecule has 0 saturated heterocycles. The number of para-hydroxylation sites is 1. The van der Waals surface area contributed by atoms with Crippen LogP contribution in [-0.2, 0) is 4.79 Å². The van der Waals surface area contributed by atoms with Gasteiger partial charge in [-0.15, -0.1) is 0 Å². The standard InChI is InChI=1S/C26H26N4O4/c1-15(2)17-8-10-18(11-9-17)30-25(33)21(24(32)29-26(30)34)14-23-20(12-13-27-16(3)31)19-6-4-5-7-22(19)28-23/h4-11,14-15,33H,12-13H2,1-3H3,(H,27,31)(H,29,32,34)/b23-14-. The van der Waals surface area contributed by atoms with Crippen LogP contribution in [0.25, 0.3) is 17.3 Å². The lowest BCUT2D eigenvalue weighted by molar-refractivity contribution is -0.118. The molecular weight excluding hydrogens is 432 g/mol. The van der Waals surface area contributed by atoms with Gasteiger partial charge in [-0.1, -0.05) is 44.2 Å². The molecule has 0 fully saturated rings. The smallest absolute Gasteiger partial charge is 0.335 e. The lowest BCUT2D eigenvalue weighted by Gasteiger charge is -2.12. The van der Waals surface area contributed by atoms with E-state index in [-0.39, 0.29) is 11.5 Å². The summed E-state index contributed by atoms with van der Waals surface area (Å²) in [6, 6.07) is 14.7. The first-order valence-electron chi connectivity index (χ1n) is 11.1. The number of allylic oxidation sites excluding steroid dienone is 1. The molecule has 3 aromatic rings. The van der Waals surface area contributed by atoms with Crippen LogP contribution in [0.4, 0.5) is 0 Å². The molecule has 0 spiro atoms. The van der Waals surface area contributed by atoms with Gasteiger partial charge in [0.1, 0.15) is 5.56 Å². The maximum Gasteiger partial charge on any atom is 0.335 e. The van der Waals surface area contributed by atoms with E-state index in [1.807, 2.05) is 36.4 Å². The van der Waals surface area contributed by atoms with Crippen molar-refractivity contribution in [3.8, 4) is 11.6 Å². The first kappa shape index (κ1) is 23.0. The second-order valence-corrected chi connectivity index (χ2v) is 8.45. The lowest BCUT2D eigenvalue weighted by Crippen LogP contribution is -2.30. The van der Waals surface area contributed by atoms with Crippen LogP contribution in [0.5, 0.6) is 5.88 Å². The molecule has 1 aliphatic rings. The van der Waals surface area contributed by atoms with E-state index in [2.05, 4.69) is 29.1 Å². The molecule has 3 N–H and O–H groups in total. The van der Waals surface area contributed by atoms with E-state index in [9.17, 15) is 19.5 Å². The summed E-state index contributed by atoms with van der Waals surface area (Å²) in [6.45, 7) is 5.97. The highest BCUT2D eigenvalue weighted by Crippen LogP contribution is 2.25. The maximum atomic E-state index is 12.7. The Labute approximate surface area is 195 Å². The average Bonchev–Trinajstić information content (AvgIpc) is 3.14. The van der Waals surface area contributed by atoms with E-state index < -0.39 is 17.1 Å². The van der Waals surface area contributed by atoms with E-state index in [1.165, 1.54) is 13.0 Å². The van der Waals surface area contributed by atoms with Gasteiger partial charge in [0.15, 0.2) is 0 Å². The minimum Gasteiger partial charge on any atom is -0.494 e. The van der Waals surface area contributed by atoms with Crippen molar-refractivity contribution in [1.29, 1.82) is 0 Å². The van der Waals surface area contributed by atoms with E-state index in [4.69, 9.17) is 0 Å². The third-order valence-corrected chi connectivity index (χ3v) is 5.75. The molecule has 1 aliphatic heterocycles. The number of nitrogens with one attached hydrogen (secondary N) is 2. The molecule has 0 radical (unpaired) electrons. The molecule has 0 unspecified atom stereocenters. The fourth-order valence-corrected chi connectivity index (χ4v) is 3.96. The van der Waals surface area contributed by atoms with Crippen molar-refractivity contribution in [2.45, 2.75) is 33.1 Å². The number of aromatic hydroxyl groups is 1. The van der Waals surface area contributed by atoms with Crippen molar-refractivity contribution >= 4 is 17.6 Å². The molecule has 8 nitrogen and oxygen atoms in total. The zero-order chi connectivity index (χ0) is 24.4. The molecule has 0 bridgehead atoms. The van der Waals surface area contributed by atoms with Crippen molar-refractivity contribution in [3.05, 3.63) is 96.8 Å². The Bertz CT molecular complexity index is 1530. The minimum absolute atomic E-state index is 0.0730. The van der Waals surface area contributed by atoms with Crippen molar-refractivity contribution < 1.29 is 9.90 Å². The number of H-pyrrole nitrogens is 1. The fourth-order valence-electron chi connectivity index (χ4n) is 3.96. The Morgan fingerprint density at radius 1 is 1.15 bits per heavy atom. The van der Waals surface area contributed by atoms with Gasteiger partial charge in [0, 0.05) is 18.7 Å². The van der Waals surface area contributed by atoms with Crippen LogP contribution in [0.15, 0.2) is 68.8 Å². The zero-order valence-corrected chi connectivity index (χ0v) is 19.3. The van der Waals surface area contributed by atoms with Crippen LogP contribution in [-0.4, -0.2) is 27.1 Å². The van der Waals surface area contributed by atoms with Gasteiger partial charge in [-0.2, -0.15) is 0 Å². The number of carbonyl (C=O) groups excluding carboxylic acids is 1. The summed E-state index contributed by atoms with van der Waals surface area (Å²) < 4.78 is 1.07. The van der Waals surface area contributed by atoms with Crippen molar-refractivity contribution in [1.82, 2.24) is 14.9 Å². The summed E-state index contributed by atoms with van der Waals surface area (Å²) in [4.78, 5) is 43.5. The number of aromatic nitrogens is 2. The molecule has 0 aliphatic carbocycles. The minimum atomic E-state index is -0.733. The highest BCUT2D eigenvalue weighted by Gasteiger charge is 2.18. The topological polar surface area (TPSA) is 117 Å². The van der Waals surface area contributed by atoms with Gasteiger partial charge in [-0.25, -0.2) is 14.4 Å². The Morgan fingerprint density at radius 2 is 1.85 bits per heavy atom. The number of aromatic amines is 1. The normalized spacial score (nSPS) is 13.8. The van der Waals surface area contributed by atoms with E-state index in [1.54, 1.807) is 12.1 Å². The first-order chi connectivity index (χ1) is 16.3. The van der Waals surface area contributed by atoms with Gasteiger partial charge >= 0.3 is 5.69 Å². The maximum absolute atomic E-state index is 12.7. The molecule has 8 heteroatoms. The molecule has 2 aromatic carbocycles. The number of benzene rings is 2. The summed E-state index contributed by atoms with van der Waals surface area (Å²) in [5.74, 6) is -0.294. The predicted octanol–water partition coefficient (Wildman–Crippen LogP) is 1.71. The van der Waals surface area contributed by atoms with E-state index >= 15 is 0 Å². The second-order valence-electron chi connectivity index (χ2n) is 8.45. The summed E-state index contributed by atoms with van der Waals surface area (Å²) in [7, 11) is 0. The monoisotopic (exact) mass is 458 g/mol. The molecule has 1 aromatic heterocycles. The van der Waals surface area contributed by atoms with E-state index in [0.717, 1.165) is 26.3 Å². The quantitative estimate of drug-likeness (QED) is 0.521. The molecule has 1 amide bonds. The number of rotatable bonds is 6. The van der Waals surface area contributed by atoms with Crippen LogP contribution >= 0.6 is 0 Å². The number of nitrogens with zero attached hydrogens (tertiary/aromatic N) is 2. The molecular formula is C26H26N4O4. The predicted molar refractivity (Wildman–Crippen MR) is 130 cm³/mol. The van der Waals surface area contributed by atoms with Gasteiger partial charge in [0.05, 0.1) is 16.7 Å². The van der Waals surface area contributed by atoms with Gasteiger partial charge in [0.2, 0.25) is 11.8 Å². The summed E-state index contributed by atoms with van der Waals surface area (Å²) in [5, 5.41) is 15.4. The third kappa shape index (κ3) is 4.47. The van der Waals surface area contributed by atoms with Crippen LogP contribution < -0.4 is 27.1 Å². The third-order valence-electron chi connectivity index (χ3n) is 5.75. The Kier molecular flexibility index (Phi) is 6.32. The molecule has 4 rings (SSSR count). The van der Waals surface area contributed by atoms with Crippen molar-refractivity contribution in [2.24, 2.45) is 4.99 Å². The van der Waals surface area contributed by atoms with Gasteiger partial charge in [-0.3, -0.25) is 14.6 Å². The SMILES string of the molecule is CC(=O)NCCC1=c2ccccc2=N/C1=C\c1c(O)n(-c2ccc(C(C)C)cc2)c(=O)[nH]c1=O. The second kappa shape index (κ2) is 9.35. The molecule has 0 saturated carbocycles. The van der Waals surface area contributed by atoms with Crippen molar-refractivity contribution in [2.75, 3.05) is 6.54 Å². The van der Waals surface area contributed by atoms with Gasteiger partial charge in [0.25, 0.3) is 5.56 Å². The molecule has 34 heavy (non-hydrogen) atoms. The summed E-state index contributed by atoms with van der Waals surface area (Å²) in [5.41, 5.74) is 1.33. The molecule has 0 atom stereocenters. The summed E-state index contributed by atoms with van der Waals surface area (Å²) in [6.07, 6.45) is 1.97. The number of amides is 1. The Balaban J connectivity index is 1.83. The van der Waals surface area contributed by atoms with Crippen LogP contribution in [0.1, 0.15) is 44.2 Å². The van der Waals surface area contributed by atoms with Crippen LogP contribution in [0.3, 0.4) is 0 Å². The molecule has 2 heterocycles.